The Bertz CT molecular complexity index is 1270. The summed E-state index contributed by atoms with van der Waals surface area (Å²) in [7, 11) is -1.11. The number of nitrogens with zero attached hydrogens (tertiary/aromatic N) is 2. The van der Waals surface area contributed by atoms with E-state index in [0.717, 1.165) is 9.87 Å². The van der Waals surface area contributed by atoms with E-state index in [9.17, 15) is 18.0 Å². The predicted molar refractivity (Wildman–Crippen MR) is 139 cm³/mol. The Kier molecular flexibility index (Phi) is 9.08. The Labute approximate surface area is 212 Å². The van der Waals surface area contributed by atoms with Crippen molar-refractivity contribution in [2.75, 3.05) is 31.6 Å². The lowest BCUT2D eigenvalue weighted by Gasteiger charge is -2.31. The van der Waals surface area contributed by atoms with Crippen LogP contribution in [0.2, 0.25) is 0 Å². The van der Waals surface area contributed by atoms with Crippen molar-refractivity contribution in [3.8, 4) is 5.75 Å². The van der Waals surface area contributed by atoms with E-state index in [0.29, 0.717) is 12.2 Å². The van der Waals surface area contributed by atoms with Gasteiger partial charge in [0.05, 0.1) is 17.7 Å². The number of methoxy groups -OCH3 is 1. The summed E-state index contributed by atoms with van der Waals surface area (Å²) in [5, 5.41) is 2.57. The summed E-state index contributed by atoms with van der Waals surface area (Å²) in [4.78, 5) is 27.6. The maximum absolute atomic E-state index is 13.7. The number of anilines is 1. The number of rotatable bonds is 11. The highest BCUT2D eigenvalue weighted by molar-refractivity contribution is 7.92. The van der Waals surface area contributed by atoms with Crippen molar-refractivity contribution in [2.24, 2.45) is 0 Å². The summed E-state index contributed by atoms with van der Waals surface area (Å²) in [6.45, 7) is 1.39. The molecule has 2 amide bonds. The smallest absolute Gasteiger partial charge is 0.264 e. The van der Waals surface area contributed by atoms with Crippen LogP contribution in [0.1, 0.15) is 12.5 Å². The van der Waals surface area contributed by atoms with Crippen LogP contribution in [0.25, 0.3) is 0 Å². The van der Waals surface area contributed by atoms with Crippen molar-refractivity contribution in [3.05, 3.63) is 90.5 Å². The molecule has 8 nitrogen and oxygen atoms in total. The van der Waals surface area contributed by atoms with Crippen LogP contribution in [0.4, 0.5) is 5.69 Å². The fourth-order valence-electron chi connectivity index (χ4n) is 3.79. The molecule has 1 atom stereocenters. The number of hydrogen-bond acceptors (Lipinski definition) is 5. The lowest BCUT2D eigenvalue weighted by atomic mass is 10.1. The Balaban J connectivity index is 1.98. The van der Waals surface area contributed by atoms with Gasteiger partial charge in [0.25, 0.3) is 10.0 Å². The van der Waals surface area contributed by atoms with Gasteiger partial charge in [-0.2, -0.15) is 0 Å². The first-order valence-corrected chi connectivity index (χ1v) is 13.0. The lowest BCUT2D eigenvalue weighted by Crippen LogP contribution is -2.51. The predicted octanol–water partition coefficient (Wildman–Crippen LogP) is 3.10. The fraction of sp³-hybridized carbons (Fsp3) is 0.259. The minimum Gasteiger partial charge on any atom is -0.497 e. The van der Waals surface area contributed by atoms with Crippen LogP contribution < -0.4 is 14.4 Å². The van der Waals surface area contributed by atoms with Crippen LogP contribution >= 0.6 is 0 Å². The van der Waals surface area contributed by atoms with Crippen LogP contribution in [0.15, 0.2) is 89.8 Å². The molecule has 0 bridgehead atoms. The molecule has 9 heteroatoms. The third-order valence-corrected chi connectivity index (χ3v) is 7.64. The van der Waals surface area contributed by atoms with Crippen molar-refractivity contribution in [1.29, 1.82) is 0 Å². The SMILES string of the molecule is CNC(=O)[C@H](C)N(CCc1ccccc1)C(=O)CN(c1cccc(OC)c1)S(=O)(=O)c1ccccc1. The Morgan fingerprint density at radius 3 is 2.19 bits per heavy atom. The minimum atomic E-state index is -4.10. The largest absolute Gasteiger partial charge is 0.497 e. The highest BCUT2D eigenvalue weighted by Crippen LogP contribution is 2.27. The molecular formula is C27H31N3O5S. The molecule has 1 N–H and O–H groups in total. The molecule has 190 valence electrons. The first kappa shape index (κ1) is 26.7. The van der Waals surface area contributed by atoms with E-state index in [4.69, 9.17) is 4.74 Å². The second-order valence-corrected chi connectivity index (χ2v) is 10.0. The number of carbonyl (C=O) groups excluding carboxylic acids is 2. The van der Waals surface area contributed by atoms with Gasteiger partial charge in [-0.05, 0) is 43.2 Å². The summed E-state index contributed by atoms with van der Waals surface area (Å²) in [5.74, 6) is -0.382. The van der Waals surface area contributed by atoms with Gasteiger partial charge in [-0.15, -0.1) is 0 Å². The zero-order valence-electron chi connectivity index (χ0n) is 20.6. The molecule has 0 aromatic heterocycles. The number of ether oxygens (including phenoxy) is 1. The maximum atomic E-state index is 13.7. The highest BCUT2D eigenvalue weighted by atomic mass is 32.2. The number of amides is 2. The molecule has 0 unspecified atom stereocenters. The van der Waals surface area contributed by atoms with Gasteiger partial charge in [-0.3, -0.25) is 13.9 Å². The first-order valence-electron chi connectivity index (χ1n) is 11.5. The van der Waals surface area contributed by atoms with Crippen LogP contribution in [0, 0.1) is 0 Å². The zero-order chi connectivity index (χ0) is 26.1. The minimum absolute atomic E-state index is 0.0517. The van der Waals surface area contributed by atoms with Crippen molar-refractivity contribution < 1.29 is 22.7 Å². The molecule has 0 fully saturated rings. The molecule has 3 aromatic rings. The van der Waals surface area contributed by atoms with Crippen molar-refractivity contribution in [3.63, 3.8) is 0 Å². The van der Waals surface area contributed by atoms with Gasteiger partial charge in [-0.1, -0.05) is 54.6 Å². The van der Waals surface area contributed by atoms with E-state index >= 15 is 0 Å². The topological polar surface area (TPSA) is 96.0 Å². The average Bonchev–Trinajstić information content (AvgIpc) is 2.92. The number of likely N-dealkylation sites (N-methyl/N-ethyl adjacent to an activating group) is 1. The number of carbonyl (C=O) groups is 2. The third-order valence-electron chi connectivity index (χ3n) is 5.85. The van der Waals surface area contributed by atoms with Crippen LogP contribution in [-0.2, 0) is 26.0 Å². The van der Waals surface area contributed by atoms with Gasteiger partial charge >= 0.3 is 0 Å². The molecule has 0 spiro atoms. The lowest BCUT2D eigenvalue weighted by molar-refractivity contribution is -0.138. The summed E-state index contributed by atoms with van der Waals surface area (Å²) < 4.78 is 33.7. The molecule has 36 heavy (non-hydrogen) atoms. The number of benzene rings is 3. The molecule has 0 aliphatic carbocycles. The third kappa shape index (κ3) is 6.42. The van der Waals surface area contributed by atoms with E-state index in [-0.39, 0.29) is 23.0 Å². The highest BCUT2D eigenvalue weighted by Gasteiger charge is 2.32. The van der Waals surface area contributed by atoms with E-state index in [1.54, 1.807) is 49.4 Å². The van der Waals surface area contributed by atoms with Crippen molar-refractivity contribution in [2.45, 2.75) is 24.3 Å². The standard InChI is InChI=1S/C27H31N3O5S/c1-21(27(32)28-2)29(18-17-22-11-6-4-7-12-22)26(31)20-30(23-13-10-14-24(19-23)35-3)36(33,34)25-15-8-5-9-16-25/h4-16,19,21H,17-18,20H2,1-3H3,(H,28,32)/t21-/m0/s1. The van der Waals surface area contributed by atoms with Gasteiger partial charge in [-0.25, -0.2) is 8.42 Å². The molecular weight excluding hydrogens is 478 g/mol. The van der Waals surface area contributed by atoms with Crippen molar-refractivity contribution >= 4 is 27.5 Å². The zero-order valence-corrected chi connectivity index (χ0v) is 21.4. The number of nitrogens with one attached hydrogen (secondary N) is 1. The van der Waals surface area contributed by atoms with Gasteiger partial charge in [0.15, 0.2) is 0 Å². The van der Waals surface area contributed by atoms with E-state index in [1.165, 1.54) is 31.2 Å². The number of hydrogen-bond donors (Lipinski definition) is 1. The fourth-order valence-corrected chi connectivity index (χ4v) is 5.22. The summed E-state index contributed by atoms with van der Waals surface area (Å²) in [6.07, 6.45) is 0.512. The normalized spacial score (nSPS) is 11.9. The molecule has 0 radical (unpaired) electrons. The van der Waals surface area contributed by atoms with Gasteiger partial charge in [0.1, 0.15) is 18.3 Å². The molecule has 0 aliphatic rings. The molecule has 3 rings (SSSR count). The first-order chi connectivity index (χ1) is 17.3. The Morgan fingerprint density at radius 2 is 1.58 bits per heavy atom. The molecule has 0 heterocycles. The summed E-state index contributed by atoms with van der Waals surface area (Å²) in [6, 6.07) is 23.2. The van der Waals surface area contributed by atoms with Crippen LogP contribution in [0.3, 0.4) is 0 Å². The Morgan fingerprint density at radius 1 is 0.944 bits per heavy atom. The van der Waals surface area contributed by atoms with Crippen molar-refractivity contribution in [1.82, 2.24) is 10.2 Å². The van der Waals surface area contributed by atoms with Gasteiger partial charge in [0, 0.05) is 19.7 Å². The maximum Gasteiger partial charge on any atom is 0.264 e. The monoisotopic (exact) mass is 509 g/mol. The summed E-state index contributed by atoms with van der Waals surface area (Å²) in [5.41, 5.74) is 1.28. The van der Waals surface area contributed by atoms with E-state index in [2.05, 4.69) is 5.32 Å². The molecule has 0 saturated heterocycles. The Hall–Kier alpha value is -3.85. The van der Waals surface area contributed by atoms with E-state index in [1.807, 2.05) is 30.3 Å². The molecule has 3 aromatic carbocycles. The molecule has 0 aliphatic heterocycles. The van der Waals surface area contributed by atoms with Gasteiger partial charge < -0.3 is 15.0 Å². The summed E-state index contributed by atoms with van der Waals surface area (Å²) >= 11 is 0. The van der Waals surface area contributed by atoms with Gasteiger partial charge in [0.2, 0.25) is 11.8 Å². The number of sulfonamides is 1. The second kappa shape index (κ2) is 12.2. The van der Waals surface area contributed by atoms with Crippen LogP contribution in [-0.4, -0.2) is 58.4 Å². The van der Waals surface area contributed by atoms with Crippen LogP contribution in [0.5, 0.6) is 5.75 Å². The quantitative estimate of drug-likeness (QED) is 0.429. The van der Waals surface area contributed by atoms with E-state index < -0.39 is 28.5 Å². The second-order valence-electron chi connectivity index (χ2n) is 8.14. The average molecular weight is 510 g/mol. The molecule has 0 saturated carbocycles.